The highest BCUT2D eigenvalue weighted by Gasteiger charge is 2.30. The minimum absolute atomic E-state index is 0.116. The molecule has 1 aliphatic rings. The van der Waals surface area contributed by atoms with Crippen LogP contribution in [0.4, 0.5) is 0 Å². The fourth-order valence-electron chi connectivity index (χ4n) is 4.71. The van der Waals surface area contributed by atoms with Crippen molar-refractivity contribution in [2.45, 2.75) is 29.1 Å². The molecular weight excluding hydrogens is 578 g/mol. The van der Waals surface area contributed by atoms with Gasteiger partial charge in [-0.2, -0.15) is 0 Å². The first-order valence-corrected chi connectivity index (χ1v) is 14.3. The van der Waals surface area contributed by atoms with Crippen LogP contribution in [0.5, 0.6) is 17.2 Å². The van der Waals surface area contributed by atoms with E-state index in [1.54, 1.807) is 39.5 Å². The number of halogens is 2. The molecule has 3 aromatic rings. The number of methoxy groups -OCH3 is 3. The van der Waals surface area contributed by atoms with E-state index in [9.17, 15) is 9.59 Å². The van der Waals surface area contributed by atoms with Gasteiger partial charge in [-0.15, -0.1) is 11.8 Å². The zero-order valence-corrected chi connectivity index (χ0v) is 24.1. The minimum Gasteiger partial charge on any atom is -0.493 e. The van der Waals surface area contributed by atoms with Gasteiger partial charge >= 0.3 is 0 Å². The SMILES string of the molecule is COc1cc2c(c(OC)c1OC)-c1ccc(SC)c(=O)cc1[C@@H](NC(=O)c1cccc(CBr)c1Cl)CC2. The molecule has 1 amide bonds. The lowest BCUT2D eigenvalue weighted by atomic mass is 9.95. The van der Waals surface area contributed by atoms with Crippen LogP contribution < -0.4 is 25.0 Å². The van der Waals surface area contributed by atoms with Crippen molar-refractivity contribution in [3.63, 3.8) is 0 Å². The van der Waals surface area contributed by atoms with Crippen molar-refractivity contribution in [2.24, 2.45) is 0 Å². The molecule has 3 aromatic carbocycles. The maximum Gasteiger partial charge on any atom is 0.253 e. The average molecular weight is 605 g/mol. The minimum atomic E-state index is -0.449. The van der Waals surface area contributed by atoms with Crippen LogP contribution in [0.15, 0.2) is 52.2 Å². The van der Waals surface area contributed by atoms with Gasteiger partial charge in [0.25, 0.3) is 5.91 Å². The van der Waals surface area contributed by atoms with E-state index in [2.05, 4.69) is 21.2 Å². The lowest BCUT2D eigenvalue weighted by Crippen LogP contribution is -2.29. The van der Waals surface area contributed by atoms with Gasteiger partial charge in [0.05, 0.1) is 42.9 Å². The Balaban J connectivity index is 1.93. The molecule has 194 valence electrons. The molecule has 0 aromatic heterocycles. The molecule has 1 N–H and O–H groups in total. The maximum atomic E-state index is 13.4. The second-order valence-electron chi connectivity index (χ2n) is 8.44. The Bertz CT molecular complexity index is 1410. The Kier molecular flexibility index (Phi) is 8.72. The second-order valence-corrected chi connectivity index (χ2v) is 10.2. The number of fused-ring (bicyclic) bond motifs is 3. The summed E-state index contributed by atoms with van der Waals surface area (Å²) >= 11 is 11.3. The number of aryl methyl sites for hydroxylation is 1. The van der Waals surface area contributed by atoms with E-state index < -0.39 is 6.04 Å². The number of rotatable bonds is 7. The van der Waals surface area contributed by atoms with Crippen LogP contribution in [-0.2, 0) is 11.8 Å². The maximum absolute atomic E-state index is 13.4. The Morgan fingerprint density at radius 2 is 1.86 bits per heavy atom. The van der Waals surface area contributed by atoms with Crippen LogP contribution in [0, 0.1) is 0 Å². The van der Waals surface area contributed by atoms with Crippen LogP contribution in [0.1, 0.15) is 39.5 Å². The van der Waals surface area contributed by atoms with Crippen LogP contribution in [-0.4, -0.2) is 33.5 Å². The van der Waals surface area contributed by atoms with Crippen LogP contribution in [0.3, 0.4) is 0 Å². The number of thioether (sulfide) groups is 1. The van der Waals surface area contributed by atoms with E-state index in [1.807, 2.05) is 30.5 Å². The number of carbonyl (C=O) groups is 1. The standard InChI is InChI=1S/C28H27BrClNO5S/c1-34-22-12-15-8-10-20(31-28(33)18-7-5-6-16(14-29)25(18)30)19-13-21(32)23(37-4)11-9-17(19)24(15)27(36-3)26(22)35-2/h5-7,9,11-13,20H,8,10,14H2,1-4H3,(H,31,33)/t20-/m0/s1. The van der Waals surface area contributed by atoms with Crippen molar-refractivity contribution in [3.8, 4) is 28.4 Å². The molecule has 0 heterocycles. The number of alkyl halides is 1. The highest BCUT2D eigenvalue weighted by molar-refractivity contribution is 9.08. The monoisotopic (exact) mass is 603 g/mol. The van der Waals surface area contributed by atoms with Crippen molar-refractivity contribution in [2.75, 3.05) is 27.6 Å². The summed E-state index contributed by atoms with van der Waals surface area (Å²) in [4.78, 5) is 27.2. The van der Waals surface area contributed by atoms with E-state index in [4.69, 9.17) is 25.8 Å². The molecule has 0 spiro atoms. The Labute approximate surface area is 233 Å². The van der Waals surface area contributed by atoms with Gasteiger partial charge in [-0.05, 0) is 65.6 Å². The third kappa shape index (κ3) is 5.19. The molecule has 4 rings (SSSR count). The van der Waals surface area contributed by atoms with Crippen LogP contribution in [0.2, 0.25) is 5.02 Å². The summed E-state index contributed by atoms with van der Waals surface area (Å²) in [6.07, 6.45) is 3.02. The Morgan fingerprint density at radius 1 is 1.11 bits per heavy atom. The molecular formula is C28H27BrClNO5S. The zero-order valence-electron chi connectivity index (χ0n) is 20.9. The highest BCUT2D eigenvalue weighted by Crippen LogP contribution is 2.50. The van der Waals surface area contributed by atoms with Crippen LogP contribution >= 0.6 is 39.3 Å². The molecule has 0 saturated carbocycles. The van der Waals surface area contributed by atoms with E-state index in [0.717, 1.165) is 22.3 Å². The molecule has 37 heavy (non-hydrogen) atoms. The van der Waals surface area contributed by atoms with E-state index >= 15 is 0 Å². The number of ether oxygens (including phenoxy) is 3. The predicted molar refractivity (Wildman–Crippen MR) is 152 cm³/mol. The summed E-state index contributed by atoms with van der Waals surface area (Å²) in [6, 6.07) is 12.2. The Hall–Kier alpha value is -2.68. The topological polar surface area (TPSA) is 73.9 Å². The van der Waals surface area contributed by atoms with Crippen molar-refractivity contribution >= 4 is 45.2 Å². The van der Waals surface area contributed by atoms with Gasteiger partial charge in [-0.1, -0.05) is 45.7 Å². The first-order valence-electron chi connectivity index (χ1n) is 11.6. The molecule has 9 heteroatoms. The summed E-state index contributed by atoms with van der Waals surface area (Å²) in [5.41, 5.74) is 4.37. The smallest absolute Gasteiger partial charge is 0.253 e. The van der Waals surface area contributed by atoms with E-state index in [0.29, 0.717) is 56.5 Å². The fraction of sp³-hybridized carbons (Fsp3) is 0.286. The number of amides is 1. The number of hydrogen-bond donors (Lipinski definition) is 1. The lowest BCUT2D eigenvalue weighted by Gasteiger charge is -2.20. The molecule has 6 nitrogen and oxygen atoms in total. The third-order valence-corrected chi connectivity index (χ3v) is 8.32. The highest BCUT2D eigenvalue weighted by atomic mass is 79.9. The van der Waals surface area contributed by atoms with Gasteiger partial charge in [0.15, 0.2) is 16.9 Å². The molecule has 0 radical (unpaired) electrons. The number of hydrogen-bond acceptors (Lipinski definition) is 6. The predicted octanol–water partition coefficient (Wildman–Crippen LogP) is 6.43. The summed E-state index contributed by atoms with van der Waals surface area (Å²) < 4.78 is 17.1. The first-order chi connectivity index (χ1) is 17.9. The summed E-state index contributed by atoms with van der Waals surface area (Å²) in [7, 11) is 4.72. The van der Waals surface area contributed by atoms with Gasteiger partial charge < -0.3 is 19.5 Å². The van der Waals surface area contributed by atoms with Gasteiger partial charge in [0.2, 0.25) is 5.75 Å². The number of nitrogens with one attached hydrogen (secondary N) is 1. The van der Waals surface area contributed by atoms with Gasteiger partial charge in [0.1, 0.15) is 0 Å². The molecule has 0 unspecified atom stereocenters. The first kappa shape index (κ1) is 27.4. The van der Waals surface area contributed by atoms with Crippen LogP contribution in [0.25, 0.3) is 11.1 Å². The quantitative estimate of drug-likeness (QED) is 0.248. The third-order valence-electron chi connectivity index (χ3n) is 6.49. The Morgan fingerprint density at radius 3 is 2.51 bits per heavy atom. The molecule has 0 aliphatic heterocycles. The molecule has 1 atom stereocenters. The van der Waals surface area contributed by atoms with Gasteiger partial charge in [-0.25, -0.2) is 0 Å². The van der Waals surface area contributed by atoms with Crippen molar-refractivity contribution in [3.05, 3.63) is 80.0 Å². The summed E-state index contributed by atoms with van der Waals surface area (Å²) in [6.45, 7) is 0. The van der Waals surface area contributed by atoms with E-state index in [1.165, 1.54) is 11.8 Å². The number of benzene rings is 2. The van der Waals surface area contributed by atoms with Gasteiger partial charge in [-0.3, -0.25) is 9.59 Å². The van der Waals surface area contributed by atoms with Crippen molar-refractivity contribution < 1.29 is 19.0 Å². The number of carbonyl (C=O) groups excluding carboxylic acids is 1. The fourth-order valence-corrected chi connectivity index (χ4v) is 6.08. The lowest BCUT2D eigenvalue weighted by molar-refractivity contribution is 0.0935. The van der Waals surface area contributed by atoms with Gasteiger partial charge in [0, 0.05) is 10.9 Å². The zero-order chi connectivity index (χ0) is 26.7. The molecule has 0 saturated heterocycles. The van der Waals surface area contributed by atoms with E-state index in [-0.39, 0.29) is 11.3 Å². The average Bonchev–Trinajstić information content (AvgIpc) is 3.15. The van der Waals surface area contributed by atoms with Crippen molar-refractivity contribution in [1.82, 2.24) is 5.32 Å². The second kappa shape index (κ2) is 11.8. The molecule has 1 aliphatic carbocycles. The molecule has 0 fully saturated rings. The summed E-state index contributed by atoms with van der Waals surface area (Å²) in [5.74, 6) is 1.23. The summed E-state index contributed by atoms with van der Waals surface area (Å²) in [5, 5.41) is 4.08. The normalized spacial score (nSPS) is 14.2. The van der Waals surface area contributed by atoms with Crippen molar-refractivity contribution in [1.29, 1.82) is 0 Å². The largest absolute Gasteiger partial charge is 0.493 e. The molecule has 0 bridgehead atoms.